The van der Waals surface area contributed by atoms with Gasteiger partial charge in [-0.25, -0.2) is 21.6 Å². The second-order valence-corrected chi connectivity index (χ2v) is 3.40. The van der Waals surface area contributed by atoms with Crippen LogP contribution in [-0.4, -0.2) is 12.0 Å². The van der Waals surface area contributed by atoms with Gasteiger partial charge >= 0.3 is 0 Å². The second-order valence-electron chi connectivity index (χ2n) is 3.40. The predicted molar refractivity (Wildman–Crippen MR) is 76.6 cm³/mol. The summed E-state index contributed by atoms with van der Waals surface area (Å²) in [5.41, 5.74) is 2.74. The van der Waals surface area contributed by atoms with Gasteiger partial charge in [0.2, 0.25) is 0 Å². The van der Waals surface area contributed by atoms with Gasteiger partial charge in [0.1, 0.15) is 0 Å². The predicted octanol–water partition coefficient (Wildman–Crippen LogP) is 3.91. The molecule has 0 aromatic heterocycles. The molecular weight excluding hydrogens is 236 g/mol. The molecule has 0 heterocycles. The largest absolute Gasteiger partial charge is 0.242 e. The molecule has 0 atom stereocenters. The Labute approximate surface area is 112 Å². The zero-order chi connectivity index (χ0) is 14.3. The van der Waals surface area contributed by atoms with Crippen molar-refractivity contribution in [2.45, 2.75) is 6.42 Å². The van der Waals surface area contributed by atoms with Crippen molar-refractivity contribution in [2.75, 3.05) is 0 Å². The molecule has 0 spiro atoms. The van der Waals surface area contributed by atoms with E-state index in [9.17, 15) is 0 Å². The maximum absolute atomic E-state index is 5.62. The Morgan fingerprint density at radius 3 is 1.11 bits per heavy atom. The van der Waals surface area contributed by atoms with Crippen LogP contribution < -0.4 is 0 Å². The molecule has 96 valence electrons. The lowest BCUT2D eigenvalue weighted by atomic mass is 10.1. The highest BCUT2D eigenvalue weighted by molar-refractivity contribution is 5.29. The maximum Gasteiger partial charge on any atom is 0.0831 e. The lowest BCUT2D eigenvalue weighted by molar-refractivity contribution is 1.19. The van der Waals surface area contributed by atoms with Gasteiger partial charge in [0.05, 0.1) is 12.0 Å². The molecule has 0 saturated heterocycles. The molecule has 0 fully saturated rings. The van der Waals surface area contributed by atoms with Crippen LogP contribution in [0.1, 0.15) is 11.1 Å². The van der Waals surface area contributed by atoms with Crippen molar-refractivity contribution >= 4 is 12.0 Å². The van der Waals surface area contributed by atoms with Crippen LogP contribution in [-0.2, 0) is 6.42 Å². The molecule has 2 rings (SSSR count). The van der Waals surface area contributed by atoms with E-state index in [1.807, 2.05) is 0 Å². The number of nitrogens with one attached hydrogen (secondary N) is 4. The van der Waals surface area contributed by atoms with Crippen LogP contribution in [0.4, 0.5) is 0 Å². The van der Waals surface area contributed by atoms with Gasteiger partial charge in [0.25, 0.3) is 0 Å². The van der Waals surface area contributed by atoms with Crippen LogP contribution in [0.25, 0.3) is 0 Å². The van der Waals surface area contributed by atoms with E-state index in [2.05, 4.69) is 60.7 Å². The van der Waals surface area contributed by atoms with Crippen molar-refractivity contribution in [3.05, 3.63) is 71.8 Å². The van der Waals surface area contributed by atoms with Crippen molar-refractivity contribution in [1.29, 1.82) is 21.6 Å². The first-order chi connectivity index (χ1) is 9.28. The van der Waals surface area contributed by atoms with E-state index in [1.54, 1.807) is 0 Å². The third-order valence-corrected chi connectivity index (χ3v) is 2.09. The molecule has 19 heavy (non-hydrogen) atoms. The van der Waals surface area contributed by atoms with E-state index >= 15 is 0 Å². The summed E-state index contributed by atoms with van der Waals surface area (Å²) >= 11 is 0. The first kappa shape index (κ1) is 16.2. The summed E-state index contributed by atoms with van der Waals surface area (Å²) in [7, 11) is 0. The summed E-state index contributed by atoms with van der Waals surface area (Å²) in [6.45, 7) is 0. The minimum absolute atomic E-state index is 1.03. The van der Waals surface area contributed by atoms with Gasteiger partial charge in [-0.1, -0.05) is 60.7 Å². The van der Waals surface area contributed by atoms with Crippen molar-refractivity contribution in [2.24, 2.45) is 0 Å². The summed E-state index contributed by atoms with van der Waals surface area (Å²) in [5.74, 6) is 0. The summed E-state index contributed by atoms with van der Waals surface area (Å²) in [6, 6.07) is 23.6. The number of benzene rings is 2. The molecule has 0 radical (unpaired) electrons. The fourth-order valence-corrected chi connectivity index (χ4v) is 1.43. The van der Waals surface area contributed by atoms with Crippen molar-refractivity contribution in [3.8, 4) is 0 Å². The van der Waals surface area contributed by atoms with Gasteiger partial charge in [-0.05, 0) is 17.5 Å². The highest BCUT2D eigenvalue weighted by Crippen LogP contribution is 2.07. The van der Waals surface area contributed by atoms with Crippen molar-refractivity contribution < 1.29 is 0 Å². The minimum atomic E-state index is 1.03. The summed E-state index contributed by atoms with van der Waals surface area (Å²) in [4.78, 5) is 0. The van der Waals surface area contributed by atoms with E-state index in [4.69, 9.17) is 21.6 Å². The van der Waals surface area contributed by atoms with Gasteiger partial charge in [0, 0.05) is 0 Å². The Hall–Kier alpha value is -2.80. The standard InChI is InChI=1S/C13H12.2CH2N2/c1-3-7-12(8-4-1)11-13-9-5-2-6-10-13;2*2-1-3/h1-10H,11H2;2*2-3H. The topological polar surface area (TPSA) is 95.4 Å². The van der Waals surface area contributed by atoms with E-state index in [0.29, 0.717) is 0 Å². The van der Waals surface area contributed by atoms with Gasteiger partial charge in [-0.2, -0.15) is 0 Å². The normalized spacial score (nSPS) is 7.58. The van der Waals surface area contributed by atoms with Gasteiger partial charge in [-0.15, -0.1) is 0 Å². The van der Waals surface area contributed by atoms with Crippen molar-refractivity contribution in [3.63, 3.8) is 0 Å². The van der Waals surface area contributed by atoms with Crippen LogP contribution in [0.5, 0.6) is 0 Å². The minimum Gasteiger partial charge on any atom is -0.242 e. The molecular formula is C15H16N4. The summed E-state index contributed by atoms with van der Waals surface area (Å²) < 4.78 is 0. The Morgan fingerprint density at radius 1 is 0.579 bits per heavy atom. The maximum atomic E-state index is 5.62. The second kappa shape index (κ2) is 11.7. The quantitative estimate of drug-likeness (QED) is 0.583. The monoisotopic (exact) mass is 252 g/mol. The van der Waals surface area contributed by atoms with Crippen LogP contribution >= 0.6 is 0 Å². The lowest BCUT2D eigenvalue weighted by Crippen LogP contribution is -1.85. The summed E-state index contributed by atoms with van der Waals surface area (Å²) in [5, 5.41) is 22.5. The van der Waals surface area contributed by atoms with Gasteiger partial charge in [0.15, 0.2) is 0 Å². The van der Waals surface area contributed by atoms with Crippen molar-refractivity contribution in [1.82, 2.24) is 0 Å². The zero-order valence-electron chi connectivity index (χ0n) is 10.5. The van der Waals surface area contributed by atoms with E-state index in [-0.39, 0.29) is 0 Å². The van der Waals surface area contributed by atoms with Crippen LogP contribution in [0.2, 0.25) is 0 Å². The van der Waals surface area contributed by atoms with E-state index in [0.717, 1.165) is 6.42 Å². The van der Waals surface area contributed by atoms with Gasteiger partial charge in [-0.3, -0.25) is 0 Å². The third kappa shape index (κ3) is 8.95. The highest BCUT2D eigenvalue weighted by Gasteiger charge is 1.92. The molecule has 0 amide bonds. The lowest BCUT2D eigenvalue weighted by Gasteiger charge is -2.00. The van der Waals surface area contributed by atoms with Crippen LogP contribution in [0.3, 0.4) is 0 Å². The van der Waals surface area contributed by atoms with Crippen LogP contribution in [0, 0.1) is 21.6 Å². The molecule has 0 aliphatic carbocycles. The Balaban J connectivity index is 0.000000465. The number of hydrogen-bond acceptors (Lipinski definition) is 4. The Morgan fingerprint density at radius 2 is 0.842 bits per heavy atom. The molecule has 4 nitrogen and oxygen atoms in total. The fraction of sp³-hybridized carbons (Fsp3) is 0.0667. The Bertz CT molecular complexity index is 459. The molecule has 0 unspecified atom stereocenters. The molecule has 2 aromatic carbocycles. The fourth-order valence-electron chi connectivity index (χ4n) is 1.43. The first-order valence-electron chi connectivity index (χ1n) is 5.53. The Kier molecular flexibility index (Phi) is 9.96. The molecule has 0 bridgehead atoms. The average molecular weight is 252 g/mol. The average Bonchev–Trinajstić information content (AvgIpc) is 2.43. The number of rotatable bonds is 2. The van der Waals surface area contributed by atoms with Gasteiger partial charge < -0.3 is 0 Å². The van der Waals surface area contributed by atoms with E-state index < -0.39 is 0 Å². The SMILES string of the molecule is N=C=N.N=C=N.c1ccc(Cc2ccccc2)cc1. The van der Waals surface area contributed by atoms with Crippen LogP contribution in [0.15, 0.2) is 60.7 Å². The first-order valence-corrected chi connectivity index (χ1v) is 5.53. The third-order valence-electron chi connectivity index (χ3n) is 2.09. The molecule has 0 aliphatic heterocycles. The number of hydrogen-bond donors (Lipinski definition) is 4. The highest BCUT2D eigenvalue weighted by atomic mass is 14.4. The molecule has 4 N–H and O–H groups in total. The summed E-state index contributed by atoms with van der Waals surface area (Å²) in [6.07, 6.45) is 1.03. The van der Waals surface area contributed by atoms with E-state index in [1.165, 1.54) is 23.1 Å². The molecule has 0 aliphatic rings. The molecule has 0 saturated carbocycles. The zero-order valence-corrected chi connectivity index (χ0v) is 10.5. The smallest absolute Gasteiger partial charge is 0.0831 e. The molecule has 2 aromatic rings. The molecule has 4 heteroatoms.